The van der Waals surface area contributed by atoms with Gasteiger partial charge >= 0.3 is 6.09 Å². The lowest BCUT2D eigenvalue weighted by Gasteiger charge is -2.13. The molecule has 2 N–H and O–H groups in total. The van der Waals surface area contributed by atoms with Gasteiger partial charge < -0.3 is 15.2 Å². The van der Waals surface area contributed by atoms with Crippen LogP contribution in [0.25, 0.3) is 0 Å². The van der Waals surface area contributed by atoms with Gasteiger partial charge in [-0.3, -0.25) is 4.79 Å². The van der Waals surface area contributed by atoms with Crippen LogP contribution in [0.5, 0.6) is 0 Å². The molecule has 2 atom stereocenters. The van der Waals surface area contributed by atoms with Crippen molar-refractivity contribution in [3.8, 4) is 0 Å². The van der Waals surface area contributed by atoms with Crippen LogP contribution in [0.1, 0.15) is 36.2 Å². The molecule has 2 rings (SSSR count). The molecule has 0 aliphatic carbocycles. The monoisotopic (exact) mass is 371 g/mol. The van der Waals surface area contributed by atoms with E-state index in [0.717, 1.165) is 12.0 Å². The third kappa shape index (κ3) is 7.19. The van der Waals surface area contributed by atoms with Gasteiger partial charge in [-0.1, -0.05) is 37.3 Å². The topological polar surface area (TPSA) is 79.5 Å². The third-order valence-corrected chi connectivity index (χ3v) is 4.12. The van der Waals surface area contributed by atoms with Crippen molar-refractivity contribution < 1.29 is 24.0 Å². The summed E-state index contributed by atoms with van der Waals surface area (Å²) in [5.74, 6) is -0.133. The maximum atomic E-state index is 12.2. The summed E-state index contributed by atoms with van der Waals surface area (Å²) >= 11 is 0. The predicted octanol–water partition coefficient (Wildman–Crippen LogP) is 2.49. The molecule has 0 saturated heterocycles. The first-order chi connectivity index (χ1) is 13.0. The number of ketones is 1. The Morgan fingerprint density at radius 1 is 1.15 bits per heavy atom. The molecule has 0 radical (unpaired) electrons. The summed E-state index contributed by atoms with van der Waals surface area (Å²) in [6.07, 6.45) is 3.87. The Labute approximate surface area is 159 Å². The zero-order valence-electron chi connectivity index (χ0n) is 15.8. The number of alkyl carbamates (subject to hydrolysis) is 1. The molecule has 1 aromatic heterocycles. The minimum atomic E-state index is -0.503. The fourth-order valence-corrected chi connectivity index (χ4v) is 2.66. The second kappa shape index (κ2) is 10.4. The maximum Gasteiger partial charge on any atom is 0.412 e. The third-order valence-electron chi connectivity index (χ3n) is 4.12. The lowest BCUT2D eigenvalue weighted by Crippen LogP contribution is -2.41. The average Bonchev–Trinajstić information content (AvgIpc) is 2.67. The van der Waals surface area contributed by atoms with Gasteiger partial charge in [-0.05, 0) is 30.9 Å². The van der Waals surface area contributed by atoms with Crippen LogP contribution in [0.2, 0.25) is 0 Å². The number of Topliss-reactive ketones (excluding diaryl/α,β-unsaturated/α-hetero) is 1. The molecule has 6 heteroatoms. The summed E-state index contributed by atoms with van der Waals surface area (Å²) < 4.78 is 6.87. The van der Waals surface area contributed by atoms with Gasteiger partial charge in [0.15, 0.2) is 18.2 Å². The molecule has 0 unspecified atom stereocenters. The molecule has 0 spiro atoms. The number of aliphatic hydroxyl groups excluding tert-OH is 1. The Kier molecular flexibility index (Phi) is 7.95. The van der Waals surface area contributed by atoms with Crippen molar-refractivity contribution in [1.82, 2.24) is 5.32 Å². The first kappa shape index (κ1) is 20.6. The van der Waals surface area contributed by atoms with Crippen LogP contribution >= 0.6 is 0 Å². The molecule has 0 bridgehead atoms. The number of carbonyl (C=O) groups excluding carboxylic acids is 2. The second-order valence-corrected chi connectivity index (χ2v) is 6.82. The van der Waals surface area contributed by atoms with Crippen LogP contribution in [-0.4, -0.2) is 29.6 Å². The van der Waals surface area contributed by atoms with E-state index in [0.29, 0.717) is 5.56 Å². The van der Waals surface area contributed by atoms with Crippen LogP contribution in [0.15, 0.2) is 54.9 Å². The van der Waals surface area contributed by atoms with Crippen molar-refractivity contribution in [3.05, 3.63) is 66.0 Å². The summed E-state index contributed by atoms with van der Waals surface area (Å²) in [4.78, 5) is 24.2. The summed E-state index contributed by atoms with van der Waals surface area (Å²) in [6.45, 7) is 3.73. The highest BCUT2D eigenvalue weighted by atomic mass is 16.6. The normalized spacial score (nSPS) is 12.9. The van der Waals surface area contributed by atoms with Crippen molar-refractivity contribution >= 4 is 11.9 Å². The predicted molar refractivity (Wildman–Crippen MR) is 101 cm³/mol. The highest BCUT2D eigenvalue weighted by Gasteiger charge is 2.15. The van der Waals surface area contributed by atoms with Gasteiger partial charge in [0, 0.05) is 25.1 Å². The van der Waals surface area contributed by atoms with E-state index in [2.05, 4.69) is 5.32 Å². The molecule has 0 aliphatic rings. The van der Waals surface area contributed by atoms with E-state index in [1.54, 1.807) is 29.1 Å². The average molecular weight is 371 g/mol. The van der Waals surface area contributed by atoms with E-state index in [-0.39, 0.29) is 37.5 Å². The van der Waals surface area contributed by atoms with Gasteiger partial charge in [0.1, 0.15) is 0 Å². The second-order valence-electron chi connectivity index (χ2n) is 6.82. The van der Waals surface area contributed by atoms with E-state index in [9.17, 15) is 9.59 Å². The summed E-state index contributed by atoms with van der Waals surface area (Å²) in [6, 6.07) is 13.3. The number of rotatable bonds is 9. The summed E-state index contributed by atoms with van der Waals surface area (Å²) in [5, 5.41) is 11.9. The molecular weight excluding hydrogens is 344 g/mol. The molecule has 1 aromatic carbocycles. The van der Waals surface area contributed by atoms with Crippen molar-refractivity contribution in [2.75, 3.05) is 6.61 Å². The number of benzene rings is 1. The first-order valence-electron chi connectivity index (χ1n) is 9.08. The van der Waals surface area contributed by atoms with E-state index >= 15 is 0 Å². The van der Waals surface area contributed by atoms with Gasteiger partial charge in [0.25, 0.3) is 6.73 Å². The standard InChI is InChI=1S/C21H26N2O4/c1-16(14-24)11-20(25)19-9-6-10-23(13-19)15-27-21(26)22-17(2)12-18-7-4-3-5-8-18/h3-10,13,16-17,24H,11-12,14-15H2,1-2H3/p+1/t16-,17-/m0/s1. The highest BCUT2D eigenvalue weighted by molar-refractivity contribution is 5.95. The fraction of sp³-hybridized carbons (Fsp3) is 0.381. The summed E-state index contributed by atoms with van der Waals surface area (Å²) in [5.41, 5.74) is 1.67. The van der Waals surface area contributed by atoms with E-state index < -0.39 is 6.09 Å². The Morgan fingerprint density at radius 3 is 2.59 bits per heavy atom. The first-order valence-corrected chi connectivity index (χ1v) is 9.08. The largest absolute Gasteiger partial charge is 0.412 e. The molecule has 1 heterocycles. The Bertz CT molecular complexity index is 749. The van der Waals surface area contributed by atoms with Crippen LogP contribution in [0.3, 0.4) is 0 Å². The number of pyridine rings is 1. The van der Waals surface area contributed by atoms with Crippen molar-refractivity contribution in [2.45, 2.75) is 39.5 Å². The molecule has 0 fully saturated rings. The minimum Gasteiger partial charge on any atom is -0.396 e. The zero-order chi connectivity index (χ0) is 19.6. The van der Waals surface area contributed by atoms with Crippen molar-refractivity contribution in [2.24, 2.45) is 5.92 Å². The molecular formula is C21H27N2O4+. The number of amides is 1. The minimum absolute atomic E-state index is 0.0144. The smallest absolute Gasteiger partial charge is 0.396 e. The van der Waals surface area contributed by atoms with Gasteiger partial charge in [-0.2, -0.15) is 4.57 Å². The number of ether oxygens (including phenoxy) is 1. The molecule has 6 nitrogen and oxygen atoms in total. The SMILES string of the molecule is C[C@H](CO)CC(=O)c1ccc[n+](COC(=O)N[C@@H](C)Cc2ccccc2)c1. The number of nitrogens with one attached hydrogen (secondary N) is 1. The lowest BCUT2D eigenvalue weighted by atomic mass is 10.0. The van der Waals surface area contributed by atoms with E-state index in [1.807, 2.05) is 44.2 Å². The zero-order valence-corrected chi connectivity index (χ0v) is 15.8. The summed E-state index contributed by atoms with van der Waals surface area (Å²) in [7, 11) is 0. The number of aromatic nitrogens is 1. The number of carbonyl (C=O) groups is 2. The van der Waals surface area contributed by atoms with E-state index in [4.69, 9.17) is 9.84 Å². The quantitative estimate of drug-likeness (QED) is 0.524. The number of hydrogen-bond donors (Lipinski definition) is 2. The molecule has 1 amide bonds. The van der Waals surface area contributed by atoms with Crippen LogP contribution in [0, 0.1) is 5.92 Å². The van der Waals surface area contributed by atoms with Crippen LogP contribution in [0.4, 0.5) is 4.79 Å². The highest BCUT2D eigenvalue weighted by Crippen LogP contribution is 2.08. The van der Waals surface area contributed by atoms with Gasteiger partial charge in [-0.15, -0.1) is 0 Å². The Hall–Kier alpha value is -2.73. The van der Waals surface area contributed by atoms with Crippen molar-refractivity contribution in [3.63, 3.8) is 0 Å². The van der Waals surface area contributed by atoms with Crippen LogP contribution < -0.4 is 9.88 Å². The molecule has 0 saturated carbocycles. The number of nitrogens with zero attached hydrogens (tertiary/aromatic N) is 1. The fourth-order valence-electron chi connectivity index (χ4n) is 2.66. The van der Waals surface area contributed by atoms with E-state index in [1.165, 1.54) is 0 Å². The molecule has 2 aromatic rings. The van der Waals surface area contributed by atoms with Crippen LogP contribution in [-0.2, 0) is 17.9 Å². The molecule has 27 heavy (non-hydrogen) atoms. The lowest BCUT2D eigenvalue weighted by molar-refractivity contribution is -0.727. The maximum absolute atomic E-state index is 12.2. The molecule has 0 aliphatic heterocycles. The number of aliphatic hydroxyl groups is 1. The Balaban J connectivity index is 1.82. The number of hydrogen-bond acceptors (Lipinski definition) is 4. The van der Waals surface area contributed by atoms with Gasteiger partial charge in [0.05, 0.1) is 5.56 Å². The Morgan fingerprint density at radius 2 is 1.89 bits per heavy atom. The van der Waals surface area contributed by atoms with Gasteiger partial charge in [-0.25, -0.2) is 4.79 Å². The van der Waals surface area contributed by atoms with Gasteiger partial charge in [0.2, 0.25) is 0 Å². The van der Waals surface area contributed by atoms with Crippen molar-refractivity contribution in [1.29, 1.82) is 0 Å². The molecule has 144 valence electrons.